The zero-order valence-corrected chi connectivity index (χ0v) is 17.2. The van der Waals surface area contributed by atoms with Gasteiger partial charge in [0.05, 0.1) is 6.54 Å². The van der Waals surface area contributed by atoms with Crippen molar-refractivity contribution in [3.8, 4) is 0 Å². The van der Waals surface area contributed by atoms with Crippen molar-refractivity contribution in [1.29, 1.82) is 0 Å². The summed E-state index contributed by atoms with van der Waals surface area (Å²) in [6.07, 6.45) is 4.80. The van der Waals surface area contributed by atoms with Gasteiger partial charge in [0.25, 0.3) is 0 Å². The Morgan fingerprint density at radius 3 is 2.57 bits per heavy atom. The van der Waals surface area contributed by atoms with E-state index < -0.39 is 0 Å². The van der Waals surface area contributed by atoms with Crippen molar-refractivity contribution in [2.45, 2.75) is 39.7 Å². The number of nitrogens with one attached hydrogen (secondary N) is 2. The Labute approximate surface area is 152 Å². The summed E-state index contributed by atoms with van der Waals surface area (Å²) >= 11 is 1.86. The molecule has 1 aliphatic rings. The number of aliphatic imine (C=N–C) groups is 1. The summed E-state index contributed by atoms with van der Waals surface area (Å²) < 4.78 is 0. The average Bonchev–Trinajstić information content (AvgIpc) is 2.45. The minimum Gasteiger partial charge on any atom is -0.357 e. The summed E-state index contributed by atoms with van der Waals surface area (Å²) in [4.78, 5) is 7.30. The van der Waals surface area contributed by atoms with Crippen molar-refractivity contribution >= 4 is 41.7 Å². The van der Waals surface area contributed by atoms with Crippen LogP contribution < -0.4 is 10.6 Å². The molecule has 0 radical (unpaired) electrons. The number of likely N-dealkylation sites (tertiary alicyclic amines) is 1. The molecule has 0 spiro atoms. The van der Waals surface area contributed by atoms with E-state index in [4.69, 9.17) is 4.99 Å². The maximum Gasteiger partial charge on any atom is 0.191 e. The maximum atomic E-state index is 4.72. The van der Waals surface area contributed by atoms with E-state index in [1.807, 2.05) is 11.8 Å². The van der Waals surface area contributed by atoms with Crippen LogP contribution in [0.4, 0.5) is 0 Å². The van der Waals surface area contributed by atoms with Crippen molar-refractivity contribution in [3.05, 3.63) is 0 Å². The largest absolute Gasteiger partial charge is 0.357 e. The molecule has 4 nitrogen and oxygen atoms in total. The second-order valence-electron chi connectivity index (χ2n) is 5.71. The van der Waals surface area contributed by atoms with E-state index >= 15 is 0 Å². The van der Waals surface area contributed by atoms with E-state index in [-0.39, 0.29) is 24.0 Å². The van der Waals surface area contributed by atoms with Crippen LogP contribution in [-0.2, 0) is 0 Å². The van der Waals surface area contributed by atoms with Gasteiger partial charge in [0.15, 0.2) is 5.96 Å². The van der Waals surface area contributed by atoms with Crippen LogP contribution in [0.1, 0.15) is 33.6 Å². The highest BCUT2D eigenvalue weighted by molar-refractivity contribution is 14.0. The molecule has 126 valence electrons. The number of rotatable bonds is 7. The Kier molecular flexibility index (Phi) is 13.0. The fourth-order valence-corrected chi connectivity index (χ4v) is 2.73. The highest BCUT2D eigenvalue weighted by atomic mass is 127. The van der Waals surface area contributed by atoms with E-state index in [1.54, 1.807) is 0 Å². The first-order chi connectivity index (χ1) is 9.67. The van der Waals surface area contributed by atoms with E-state index in [0.29, 0.717) is 6.04 Å². The smallest absolute Gasteiger partial charge is 0.191 e. The van der Waals surface area contributed by atoms with Gasteiger partial charge in [-0.1, -0.05) is 6.92 Å². The fraction of sp³-hybridized carbons (Fsp3) is 0.933. The summed E-state index contributed by atoms with van der Waals surface area (Å²) in [5.41, 5.74) is 0. The highest BCUT2D eigenvalue weighted by Gasteiger charge is 2.19. The molecule has 1 saturated heterocycles. The molecule has 0 aromatic rings. The predicted octanol–water partition coefficient (Wildman–Crippen LogP) is 2.64. The second-order valence-corrected chi connectivity index (χ2v) is 6.69. The minimum absolute atomic E-state index is 0. The van der Waals surface area contributed by atoms with Crippen LogP contribution in [0.15, 0.2) is 4.99 Å². The highest BCUT2D eigenvalue weighted by Crippen LogP contribution is 2.17. The number of halogens is 1. The summed E-state index contributed by atoms with van der Waals surface area (Å²) in [6, 6.07) is 0.540. The summed E-state index contributed by atoms with van der Waals surface area (Å²) in [5, 5.41) is 6.70. The van der Waals surface area contributed by atoms with E-state index in [2.05, 4.69) is 42.6 Å². The van der Waals surface area contributed by atoms with Crippen LogP contribution in [0, 0.1) is 5.92 Å². The van der Waals surface area contributed by atoms with Gasteiger partial charge < -0.3 is 10.6 Å². The van der Waals surface area contributed by atoms with E-state index in [0.717, 1.165) is 37.3 Å². The molecule has 1 fully saturated rings. The Bertz CT molecular complexity index is 281. The molecule has 2 N–H and O–H groups in total. The quantitative estimate of drug-likeness (QED) is 0.283. The Balaban J connectivity index is 0.00000400. The van der Waals surface area contributed by atoms with Crippen LogP contribution in [-0.4, -0.2) is 61.6 Å². The number of thioether (sulfide) groups is 1. The summed E-state index contributed by atoms with van der Waals surface area (Å²) in [5.74, 6) is 2.97. The van der Waals surface area contributed by atoms with Crippen LogP contribution in [0.2, 0.25) is 0 Å². The third-order valence-corrected chi connectivity index (χ3v) is 4.51. The molecular weight excluding hydrogens is 395 g/mol. The first kappa shape index (κ1) is 21.3. The van der Waals surface area contributed by atoms with E-state index in [1.165, 1.54) is 25.9 Å². The van der Waals surface area contributed by atoms with Gasteiger partial charge in [-0.25, -0.2) is 0 Å². The first-order valence-corrected chi connectivity index (χ1v) is 9.31. The molecule has 0 bridgehead atoms. The monoisotopic (exact) mass is 428 g/mol. The number of hydrogen-bond donors (Lipinski definition) is 2. The topological polar surface area (TPSA) is 39.7 Å². The average molecular weight is 428 g/mol. The van der Waals surface area contributed by atoms with Gasteiger partial charge in [0.2, 0.25) is 0 Å². The molecule has 1 rings (SSSR count). The zero-order valence-electron chi connectivity index (χ0n) is 14.0. The van der Waals surface area contributed by atoms with Gasteiger partial charge in [-0.2, -0.15) is 11.8 Å². The molecule has 0 amide bonds. The standard InChI is InChI=1S/C15H32N4S.HI/c1-5-16-15(17-8-11-20-4)18-12-14(3)19-9-6-13(2)7-10-19;/h13-14H,5-12H2,1-4H3,(H2,16,17,18);1H. The van der Waals surface area contributed by atoms with E-state index in [9.17, 15) is 0 Å². The van der Waals surface area contributed by atoms with Crippen molar-refractivity contribution in [3.63, 3.8) is 0 Å². The first-order valence-electron chi connectivity index (χ1n) is 7.92. The van der Waals surface area contributed by atoms with Gasteiger partial charge in [0, 0.05) is 24.9 Å². The molecule has 21 heavy (non-hydrogen) atoms. The maximum absolute atomic E-state index is 4.72. The van der Waals surface area contributed by atoms with Gasteiger partial charge >= 0.3 is 0 Å². The minimum atomic E-state index is 0. The van der Waals surface area contributed by atoms with Gasteiger partial charge in [-0.3, -0.25) is 9.89 Å². The molecule has 1 unspecified atom stereocenters. The summed E-state index contributed by atoms with van der Waals surface area (Å²) in [6.45, 7) is 12.0. The fourth-order valence-electron chi connectivity index (χ4n) is 2.42. The van der Waals surface area contributed by atoms with Crippen LogP contribution in [0.5, 0.6) is 0 Å². The molecule has 0 aromatic heterocycles. The molecular formula is C15H33IN4S. The Morgan fingerprint density at radius 1 is 1.33 bits per heavy atom. The van der Waals surface area contributed by atoms with Gasteiger partial charge in [0.1, 0.15) is 0 Å². The third kappa shape index (κ3) is 9.13. The van der Waals surface area contributed by atoms with Gasteiger partial charge in [-0.05, 0) is 52.0 Å². The molecule has 1 atom stereocenters. The molecule has 1 aliphatic heterocycles. The third-order valence-electron chi connectivity index (χ3n) is 3.90. The Morgan fingerprint density at radius 2 is 2.00 bits per heavy atom. The van der Waals surface area contributed by atoms with Gasteiger partial charge in [-0.15, -0.1) is 24.0 Å². The van der Waals surface area contributed by atoms with Crippen molar-refractivity contribution < 1.29 is 0 Å². The van der Waals surface area contributed by atoms with Crippen molar-refractivity contribution in [1.82, 2.24) is 15.5 Å². The van der Waals surface area contributed by atoms with Crippen molar-refractivity contribution in [2.75, 3.05) is 44.7 Å². The second kappa shape index (κ2) is 12.8. The number of nitrogens with zero attached hydrogens (tertiary/aromatic N) is 2. The molecule has 0 saturated carbocycles. The van der Waals surface area contributed by atoms with Crippen LogP contribution in [0.25, 0.3) is 0 Å². The predicted molar refractivity (Wildman–Crippen MR) is 107 cm³/mol. The lowest BCUT2D eigenvalue weighted by atomic mass is 9.98. The molecule has 0 aromatic carbocycles. The number of hydrogen-bond acceptors (Lipinski definition) is 3. The molecule has 1 heterocycles. The summed E-state index contributed by atoms with van der Waals surface area (Å²) in [7, 11) is 0. The SMILES string of the molecule is CCNC(=NCC(C)N1CCC(C)CC1)NCCSC.I. The lowest BCUT2D eigenvalue weighted by molar-refractivity contribution is 0.150. The van der Waals surface area contributed by atoms with Crippen LogP contribution in [0.3, 0.4) is 0 Å². The molecule has 6 heteroatoms. The normalized spacial score (nSPS) is 19.0. The lowest BCUT2D eigenvalue weighted by Crippen LogP contribution is -2.43. The Hall–Kier alpha value is 0.310. The lowest BCUT2D eigenvalue weighted by Gasteiger charge is -2.34. The molecule has 0 aliphatic carbocycles. The van der Waals surface area contributed by atoms with Crippen molar-refractivity contribution in [2.24, 2.45) is 10.9 Å². The number of guanidine groups is 1. The van der Waals surface area contributed by atoms with Crippen LogP contribution >= 0.6 is 35.7 Å². The zero-order chi connectivity index (χ0) is 14.8. The number of piperidine rings is 1.